The van der Waals surface area contributed by atoms with Crippen LogP contribution >= 0.6 is 0 Å². The molecular weight excluding hydrogens is 270 g/mol. The lowest BCUT2D eigenvalue weighted by Crippen LogP contribution is -2.42. The average molecular weight is 283 g/mol. The largest absolute Gasteiger partial charge is 0.367 e. The van der Waals surface area contributed by atoms with Crippen LogP contribution < -0.4 is 0 Å². The number of hydrogen-bond donors (Lipinski definition) is 1. The lowest BCUT2D eigenvalue weighted by Gasteiger charge is -2.31. The Bertz CT molecular complexity index is 677. The summed E-state index contributed by atoms with van der Waals surface area (Å²) in [6, 6.07) is 8.73. The van der Waals surface area contributed by atoms with E-state index in [9.17, 15) is 4.79 Å². The van der Waals surface area contributed by atoms with Crippen LogP contribution in [-0.2, 0) is 4.74 Å². The van der Waals surface area contributed by atoms with Crippen molar-refractivity contribution in [2.75, 3.05) is 19.7 Å². The zero-order chi connectivity index (χ0) is 14.7. The number of benzene rings is 1. The molecule has 7 nitrogen and oxygen atoms in total. The lowest BCUT2D eigenvalue weighted by atomic mass is 10.1. The highest BCUT2D eigenvalue weighted by atomic mass is 16.5. The Kier molecular flexibility index (Phi) is 3.62. The van der Waals surface area contributed by atoms with Crippen molar-refractivity contribution in [3.8, 4) is 6.07 Å². The first-order chi connectivity index (χ1) is 10.3. The Labute approximate surface area is 121 Å². The average Bonchev–Trinajstić information content (AvgIpc) is 3.09. The van der Waals surface area contributed by atoms with E-state index in [1.54, 1.807) is 29.2 Å². The second-order valence-electron chi connectivity index (χ2n) is 4.67. The molecule has 1 aromatic carbocycles. The van der Waals surface area contributed by atoms with Gasteiger partial charge in [0.2, 0.25) is 0 Å². The molecule has 106 valence electrons. The fourth-order valence-electron chi connectivity index (χ4n) is 2.27. The van der Waals surface area contributed by atoms with Gasteiger partial charge in [0.1, 0.15) is 12.4 Å². The molecule has 1 amide bonds. The van der Waals surface area contributed by atoms with E-state index in [-0.39, 0.29) is 12.0 Å². The number of H-pyrrole nitrogens is 1. The monoisotopic (exact) mass is 283 g/mol. The third-order valence-corrected chi connectivity index (χ3v) is 3.33. The Morgan fingerprint density at radius 3 is 3.19 bits per heavy atom. The number of nitriles is 1. The fraction of sp³-hybridized carbons (Fsp3) is 0.286. The van der Waals surface area contributed by atoms with Gasteiger partial charge in [-0.15, -0.1) is 0 Å². The molecule has 3 rings (SSSR count). The molecule has 1 aliphatic rings. The maximum Gasteiger partial charge on any atom is 0.254 e. The molecule has 2 heterocycles. The van der Waals surface area contributed by atoms with E-state index in [0.29, 0.717) is 36.6 Å². The molecule has 1 saturated heterocycles. The van der Waals surface area contributed by atoms with Crippen LogP contribution in [-0.4, -0.2) is 45.7 Å². The van der Waals surface area contributed by atoms with Gasteiger partial charge in [-0.1, -0.05) is 6.07 Å². The fourth-order valence-corrected chi connectivity index (χ4v) is 2.27. The summed E-state index contributed by atoms with van der Waals surface area (Å²) < 4.78 is 5.60. The number of nitrogens with zero attached hydrogens (tertiary/aromatic N) is 4. The molecule has 0 saturated carbocycles. The van der Waals surface area contributed by atoms with Gasteiger partial charge in [0.25, 0.3) is 5.91 Å². The van der Waals surface area contributed by atoms with E-state index in [4.69, 9.17) is 10.00 Å². The standard InChI is InChI=1S/C14H13N5O2/c15-7-10-2-1-3-11(6-10)14(20)19-4-5-21-12(8-19)13-16-9-17-18-13/h1-3,6,9,12H,4-5,8H2,(H,16,17,18). The predicted octanol–water partition coefficient (Wildman–Crippen LogP) is 0.890. The third kappa shape index (κ3) is 2.75. The molecule has 1 N–H and O–H groups in total. The van der Waals surface area contributed by atoms with Gasteiger partial charge in [-0.25, -0.2) is 4.98 Å². The summed E-state index contributed by atoms with van der Waals surface area (Å²) in [5.41, 5.74) is 0.980. The first-order valence-corrected chi connectivity index (χ1v) is 6.54. The molecule has 1 fully saturated rings. The first kappa shape index (κ1) is 13.3. The smallest absolute Gasteiger partial charge is 0.254 e. The van der Waals surface area contributed by atoms with Crippen molar-refractivity contribution in [2.24, 2.45) is 0 Å². The van der Waals surface area contributed by atoms with E-state index < -0.39 is 0 Å². The highest BCUT2D eigenvalue weighted by molar-refractivity contribution is 5.94. The van der Waals surface area contributed by atoms with E-state index in [2.05, 4.69) is 15.2 Å². The molecule has 0 bridgehead atoms. The molecule has 21 heavy (non-hydrogen) atoms. The zero-order valence-corrected chi connectivity index (χ0v) is 11.2. The van der Waals surface area contributed by atoms with Crippen LogP contribution in [0.1, 0.15) is 27.8 Å². The topological polar surface area (TPSA) is 94.9 Å². The SMILES string of the molecule is N#Cc1cccc(C(=O)N2CCOC(c3ncn[nH]3)C2)c1. The Morgan fingerprint density at radius 2 is 2.43 bits per heavy atom. The van der Waals surface area contributed by atoms with Crippen LogP contribution in [0.3, 0.4) is 0 Å². The zero-order valence-electron chi connectivity index (χ0n) is 11.2. The summed E-state index contributed by atoms with van der Waals surface area (Å²) in [6.45, 7) is 1.36. The number of rotatable bonds is 2. The summed E-state index contributed by atoms with van der Waals surface area (Å²) in [5, 5.41) is 15.5. The van der Waals surface area contributed by atoms with Crippen LogP contribution in [0.25, 0.3) is 0 Å². The lowest BCUT2D eigenvalue weighted by molar-refractivity contribution is -0.0266. The molecule has 1 aromatic heterocycles. The van der Waals surface area contributed by atoms with E-state index >= 15 is 0 Å². The predicted molar refractivity (Wildman–Crippen MR) is 72.1 cm³/mol. The number of carbonyl (C=O) groups is 1. The number of ether oxygens (including phenoxy) is 1. The molecule has 1 aliphatic heterocycles. The number of carbonyl (C=O) groups excluding carboxylic acids is 1. The van der Waals surface area contributed by atoms with Crippen molar-refractivity contribution < 1.29 is 9.53 Å². The normalized spacial score (nSPS) is 18.2. The highest BCUT2D eigenvalue weighted by Gasteiger charge is 2.27. The second kappa shape index (κ2) is 5.73. The molecule has 1 unspecified atom stereocenters. The first-order valence-electron chi connectivity index (χ1n) is 6.54. The van der Waals surface area contributed by atoms with Crippen LogP contribution in [0.2, 0.25) is 0 Å². The van der Waals surface area contributed by atoms with Crippen molar-refractivity contribution in [3.63, 3.8) is 0 Å². The van der Waals surface area contributed by atoms with Crippen LogP contribution in [0, 0.1) is 11.3 Å². The number of aromatic amines is 1. The van der Waals surface area contributed by atoms with Crippen molar-refractivity contribution in [1.29, 1.82) is 5.26 Å². The quantitative estimate of drug-likeness (QED) is 0.883. The number of aromatic nitrogens is 3. The van der Waals surface area contributed by atoms with Gasteiger partial charge in [-0.05, 0) is 18.2 Å². The van der Waals surface area contributed by atoms with Gasteiger partial charge in [-0.2, -0.15) is 10.4 Å². The van der Waals surface area contributed by atoms with Gasteiger partial charge < -0.3 is 9.64 Å². The van der Waals surface area contributed by atoms with Gasteiger partial charge in [-0.3, -0.25) is 9.89 Å². The van der Waals surface area contributed by atoms with Gasteiger partial charge in [0.05, 0.1) is 24.8 Å². The molecule has 1 atom stereocenters. The number of morpholine rings is 1. The van der Waals surface area contributed by atoms with Crippen LogP contribution in [0.15, 0.2) is 30.6 Å². The summed E-state index contributed by atoms with van der Waals surface area (Å²) in [6.07, 6.45) is 1.11. The molecule has 0 aliphatic carbocycles. The number of nitrogens with one attached hydrogen (secondary N) is 1. The van der Waals surface area contributed by atoms with Crippen LogP contribution in [0.4, 0.5) is 0 Å². The minimum atomic E-state index is -0.302. The van der Waals surface area contributed by atoms with Gasteiger partial charge >= 0.3 is 0 Å². The van der Waals surface area contributed by atoms with Gasteiger partial charge in [0.15, 0.2) is 5.82 Å². The van der Waals surface area contributed by atoms with Crippen molar-refractivity contribution >= 4 is 5.91 Å². The molecule has 2 aromatic rings. The minimum Gasteiger partial charge on any atom is -0.367 e. The van der Waals surface area contributed by atoms with E-state index in [1.165, 1.54) is 6.33 Å². The van der Waals surface area contributed by atoms with Gasteiger partial charge in [0, 0.05) is 12.1 Å². The van der Waals surface area contributed by atoms with Crippen molar-refractivity contribution in [2.45, 2.75) is 6.10 Å². The van der Waals surface area contributed by atoms with E-state index in [1.807, 2.05) is 6.07 Å². The molecule has 0 radical (unpaired) electrons. The maximum atomic E-state index is 12.5. The van der Waals surface area contributed by atoms with Crippen molar-refractivity contribution in [1.82, 2.24) is 20.1 Å². The highest BCUT2D eigenvalue weighted by Crippen LogP contribution is 2.20. The summed E-state index contributed by atoms with van der Waals surface area (Å²) in [4.78, 5) is 18.3. The number of hydrogen-bond acceptors (Lipinski definition) is 5. The maximum absolute atomic E-state index is 12.5. The van der Waals surface area contributed by atoms with E-state index in [0.717, 1.165) is 0 Å². The Balaban J connectivity index is 1.76. The molecule has 0 spiro atoms. The Morgan fingerprint density at radius 1 is 1.52 bits per heavy atom. The number of amides is 1. The second-order valence-corrected chi connectivity index (χ2v) is 4.67. The van der Waals surface area contributed by atoms with Crippen molar-refractivity contribution in [3.05, 3.63) is 47.5 Å². The summed E-state index contributed by atoms with van der Waals surface area (Å²) in [7, 11) is 0. The Hall–Kier alpha value is -2.72. The molecular formula is C14H13N5O2. The summed E-state index contributed by atoms with van der Waals surface area (Å²) in [5.74, 6) is 0.498. The third-order valence-electron chi connectivity index (χ3n) is 3.33. The summed E-state index contributed by atoms with van der Waals surface area (Å²) >= 11 is 0. The van der Waals surface area contributed by atoms with Crippen LogP contribution in [0.5, 0.6) is 0 Å². The minimum absolute atomic E-state index is 0.111. The molecule has 7 heteroatoms.